The van der Waals surface area contributed by atoms with Crippen molar-refractivity contribution in [2.45, 2.75) is 30.3 Å². The summed E-state index contributed by atoms with van der Waals surface area (Å²) in [7, 11) is 4.10. The number of anilines is 3. The van der Waals surface area contributed by atoms with Gasteiger partial charge in [0.15, 0.2) is 0 Å². The molecule has 1 aromatic heterocycles. The Hall–Kier alpha value is -2.70. The van der Waals surface area contributed by atoms with Crippen LogP contribution in [0.15, 0.2) is 71.8 Å². The van der Waals surface area contributed by atoms with E-state index in [1.807, 2.05) is 24.3 Å². The lowest BCUT2D eigenvalue weighted by Crippen LogP contribution is -2.13. The van der Waals surface area contributed by atoms with Crippen LogP contribution in [0.1, 0.15) is 23.4 Å². The third-order valence-electron chi connectivity index (χ3n) is 4.37. The van der Waals surface area contributed by atoms with Crippen LogP contribution < -0.4 is 15.5 Å². The Labute approximate surface area is 177 Å². The van der Waals surface area contributed by atoms with Gasteiger partial charge in [-0.2, -0.15) is 0 Å². The zero-order chi connectivity index (χ0) is 20.8. The van der Waals surface area contributed by atoms with E-state index in [4.69, 9.17) is 0 Å². The van der Waals surface area contributed by atoms with Crippen molar-refractivity contribution in [1.82, 2.24) is 4.98 Å². The number of thioether (sulfide) groups is 1. The number of aryl methyl sites for hydroxylation is 1. The molecule has 0 bridgehead atoms. The Morgan fingerprint density at radius 3 is 2.55 bits per heavy atom. The van der Waals surface area contributed by atoms with Gasteiger partial charge < -0.3 is 20.6 Å². The van der Waals surface area contributed by atoms with Crippen LogP contribution in [0.2, 0.25) is 0 Å². The highest BCUT2D eigenvalue weighted by Gasteiger charge is 2.23. The smallest absolute Gasteiger partial charge is 0.140 e. The number of hydrogen-bond donors (Lipinski definition) is 3. The lowest BCUT2D eigenvalue weighted by Gasteiger charge is -2.14. The summed E-state index contributed by atoms with van der Waals surface area (Å²) in [5, 5.41) is 15.9. The van der Waals surface area contributed by atoms with E-state index in [-0.39, 0.29) is 5.37 Å². The van der Waals surface area contributed by atoms with E-state index in [0.717, 1.165) is 17.1 Å². The molecular weight excluding hydrogens is 380 g/mol. The fraction of sp³-hybridized carbons (Fsp3) is 0.261. The first-order chi connectivity index (χ1) is 13.9. The van der Waals surface area contributed by atoms with Crippen LogP contribution in [0.5, 0.6) is 0 Å². The lowest BCUT2D eigenvalue weighted by molar-refractivity contribution is 0.224. The number of rotatable bonds is 4. The van der Waals surface area contributed by atoms with Gasteiger partial charge >= 0.3 is 0 Å². The molecule has 29 heavy (non-hydrogen) atoms. The number of fused-ring (bicyclic) bond motifs is 1. The van der Waals surface area contributed by atoms with Crippen molar-refractivity contribution in [2.75, 3.05) is 29.6 Å². The fourth-order valence-electron chi connectivity index (χ4n) is 2.96. The molecule has 0 amide bonds. The van der Waals surface area contributed by atoms with Crippen LogP contribution in [-0.4, -0.2) is 30.4 Å². The summed E-state index contributed by atoms with van der Waals surface area (Å²) in [5.74, 6) is 0.936. The molecule has 5 nitrogen and oxygen atoms in total. The minimum Gasteiger partial charge on any atom is -0.378 e. The van der Waals surface area contributed by atoms with E-state index in [1.165, 1.54) is 16.1 Å². The minimum absolute atomic E-state index is 0.167. The van der Waals surface area contributed by atoms with Crippen LogP contribution in [-0.2, 0) is 0 Å². The van der Waals surface area contributed by atoms with Crippen molar-refractivity contribution in [3.05, 3.63) is 78.0 Å². The number of nitrogens with one attached hydrogen (secondary N) is 2. The molecule has 2 unspecified atom stereocenters. The van der Waals surface area contributed by atoms with Crippen molar-refractivity contribution in [2.24, 2.45) is 0 Å². The van der Waals surface area contributed by atoms with Gasteiger partial charge in [0.05, 0.1) is 4.90 Å². The van der Waals surface area contributed by atoms with Gasteiger partial charge in [0.1, 0.15) is 17.4 Å². The minimum atomic E-state index is -0.557. The van der Waals surface area contributed by atoms with E-state index < -0.39 is 6.23 Å². The van der Waals surface area contributed by atoms with Crippen LogP contribution >= 0.6 is 11.8 Å². The maximum Gasteiger partial charge on any atom is 0.140 e. The number of aromatic nitrogens is 1. The van der Waals surface area contributed by atoms with Crippen molar-refractivity contribution in [1.29, 1.82) is 0 Å². The summed E-state index contributed by atoms with van der Waals surface area (Å²) in [6, 6.07) is 20.5. The quantitative estimate of drug-likeness (QED) is 0.522. The predicted molar refractivity (Wildman–Crippen MR) is 124 cm³/mol. The zero-order valence-electron chi connectivity index (χ0n) is 17.3. The van der Waals surface area contributed by atoms with E-state index in [9.17, 15) is 5.11 Å². The van der Waals surface area contributed by atoms with Crippen molar-refractivity contribution in [3.8, 4) is 0 Å². The molecule has 1 aliphatic heterocycles. The van der Waals surface area contributed by atoms with Gasteiger partial charge in [-0.15, -0.1) is 0 Å². The third-order valence-corrected chi connectivity index (χ3v) is 5.58. The highest BCUT2D eigenvalue weighted by molar-refractivity contribution is 8.00. The van der Waals surface area contributed by atoms with E-state index in [2.05, 4.69) is 77.9 Å². The molecule has 6 heteroatoms. The fourth-order valence-corrected chi connectivity index (χ4v) is 4.05. The molecule has 152 valence electrons. The average Bonchev–Trinajstić information content (AvgIpc) is 3.12. The third kappa shape index (κ3) is 5.89. The number of pyridine rings is 1. The summed E-state index contributed by atoms with van der Waals surface area (Å²) < 4.78 is 0. The molecule has 2 aromatic carbocycles. The van der Waals surface area contributed by atoms with Gasteiger partial charge in [-0.3, -0.25) is 0 Å². The summed E-state index contributed by atoms with van der Waals surface area (Å²) in [5.41, 5.74) is 4.65. The van der Waals surface area contributed by atoms with Gasteiger partial charge in [0.25, 0.3) is 0 Å². The van der Waals surface area contributed by atoms with Gasteiger partial charge in [0, 0.05) is 31.7 Å². The molecule has 4 rings (SSSR count). The first kappa shape index (κ1) is 21.0. The summed E-state index contributed by atoms with van der Waals surface area (Å²) >= 11 is 1.75. The van der Waals surface area contributed by atoms with E-state index in [0.29, 0.717) is 0 Å². The zero-order valence-corrected chi connectivity index (χ0v) is 18.1. The maximum absolute atomic E-state index is 9.36. The highest BCUT2D eigenvalue weighted by atomic mass is 32.2. The molecule has 2 heterocycles. The van der Waals surface area contributed by atoms with Gasteiger partial charge in [-0.05, 0) is 61.4 Å². The van der Waals surface area contributed by atoms with Crippen LogP contribution in [0.25, 0.3) is 0 Å². The molecular formula is C23H28N4OS. The summed E-state index contributed by atoms with van der Waals surface area (Å²) in [6.45, 7) is 3.81. The normalized spacial score (nSPS) is 15.4. The second kappa shape index (κ2) is 9.67. The molecule has 2 atom stereocenters. The second-order valence-electron chi connectivity index (χ2n) is 7.17. The summed E-state index contributed by atoms with van der Waals surface area (Å²) in [4.78, 5) is 7.59. The summed E-state index contributed by atoms with van der Waals surface area (Å²) in [6.07, 6.45) is 1.23. The highest BCUT2D eigenvalue weighted by Crippen LogP contribution is 2.45. The van der Waals surface area contributed by atoms with Crippen LogP contribution in [0.3, 0.4) is 0 Å². The molecule has 0 fully saturated rings. The van der Waals surface area contributed by atoms with Crippen molar-refractivity contribution < 1.29 is 5.11 Å². The first-order valence-corrected chi connectivity index (χ1v) is 10.5. The largest absolute Gasteiger partial charge is 0.378 e. The maximum atomic E-state index is 9.36. The number of benzene rings is 2. The van der Waals surface area contributed by atoms with Crippen LogP contribution in [0.4, 0.5) is 17.2 Å². The van der Waals surface area contributed by atoms with Gasteiger partial charge in [0.2, 0.25) is 0 Å². The molecule has 0 radical (unpaired) electrons. The Kier molecular flexibility index (Phi) is 7.01. The van der Waals surface area contributed by atoms with E-state index >= 15 is 0 Å². The number of hydrogen-bond acceptors (Lipinski definition) is 6. The Bertz CT molecular complexity index is 920. The predicted octanol–water partition coefficient (Wildman–Crippen LogP) is 5.11. The Morgan fingerprint density at radius 1 is 1.10 bits per heavy atom. The molecule has 1 aliphatic rings. The number of nitrogens with zero attached hydrogens (tertiary/aromatic N) is 2. The lowest BCUT2D eigenvalue weighted by atomic mass is 10.2. The average molecular weight is 409 g/mol. The molecule has 0 spiro atoms. The second-order valence-corrected chi connectivity index (χ2v) is 8.32. The molecule has 0 saturated heterocycles. The van der Waals surface area contributed by atoms with E-state index in [1.54, 1.807) is 24.9 Å². The topological polar surface area (TPSA) is 60.4 Å². The van der Waals surface area contributed by atoms with Crippen molar-refractivity contribution in [3.63, 3.8) is 0 Å². The Balaban J connectivity index is 0.000000204. The Morgan fingerprint density at radius 2 is 1.90 bits per heavy atom. The first-order valence-electron chi connectivity index (χ1n) is 9.59. The molecule has 0 saturated carbocycles. The monoisotopic (exact) mass is 408 g/mol. The van der Waals surface area contributed by atoms with Gasteiger partial charge in [-0.25, -0.2) is 4.98 Å². The SMILES string of the molecule is CC(O)Nc1cccc(C2Nc3ncccc3S2)c1.Cc1cccc(N(C)C)c1. The van der Waals surface area contributed by atoms with Crippen LogP contribution in [0, 0.1) is 6.92 Å². The molecule has 0 aliphatic carbocycles. The van der Waals surface area contributed by atoms with Crippen molar-refractivity contribution >= 4 is 29.0 Å². The molecule has 3 aromatic rings. The molecule has 3 N–H and O–H groups in total. The number of aliphatic hydroxyl groups excluding tert-OH is 1. The van der Waals surface area contributed by atoms with Gasteiger partial charge in [-0.1, -0.05) is 36.0 Å². The standard InChI is InChI=1S/C14H15N3OS.C9H13N/c1-9(18)16-11-5-2-4-10(8-11)14-17-13-12(19-14)6-3-7-15-13;1-8-5-4-6-9(7-8)10(2)3/h2-9,14,16,18H,1H3,(H,15,17);4-7H,1-3H3. The number of aliphatic hydroxyl groups is 1.